The fraction of sp³-hybridized carbons (Fsp3) is 0.562. The second-order valence-corrected chi connectivity index (χ2v) is 8.56. The molecule has 1 aromatic carbocycles. The Bertz CT molecular complexity index is 694. The third kappa shape index (κ3) is 3.95. The molecular formula is C16H22BrNO4S. The number of aryl methyl sites for hydroxylation is 2. The zero-order valence-corrected chi connectivity index (χ0v) is 16.0. The molecule has 0 aromatic heterocycles. The van der Waals surface area contributed by atoms with Crippen LogP contribution in [0.2, 0.25) is 0 Å². The molecule has 0 aliphatic carbocycles. The molecule has 23 heavy (non-hydrogen) atoms. The van der Waals surface area contributed by atoms with Crippen molar-refractivity contribution in [2.24, 2.45) is 5.92 Å². The highest BCUT2D eigenvalue weighted by molar-refractivity contribution is 9.10. The van der Waals surface area contributed by atoms with Gasteiger partial charge >= 0.3 is 5.97 Å². The summed E-state index contributed by atoms with van der Waals surface area (Å²) < 4.78 is 33.0. The van der Waals surface area contributed by atoms with E-state index in [9.17, 15) is 13.2 Å². The Balaban J connectivity index is 2.17. The van der Waals surface area contributed by atoms with Crippen LogP contribution >= 0.6 is 15.9 Å². The first-order valence-electron chi connectivity index (χ1n) is 7.71. The molecule has 0 saturated carbocycles. The van der Waals surface area contributed by atoms with Crippen molar-refractivity contribution in [1.29, 1.82) is 0 Å². The van der Waals surface area contributed by atoms with Gasteiger partial charge in [-0.3, -0.25) is 4.79 Å². The molecule has 2 rings (SSSR count). The number of hydrogen-bond donors (Lipinski definition) is 0. The van der Waals surface area contributed by atoms with Crippen LogP contribution in [0.25, 0.3) is 0 Å². The molecule has 7 heteroatoms. The molecule has 1 saturated heterocycles. The highest BCUT2D eigenvalue weighted by atomic mass is 79.9. The van der Waals surface area contributed by atoms with Crippen LogP contribution in [0.4, 0.5) is 0 Å². The van der Waals surface area contributed by atoms with Crippen LogP contribution in [0.1, 0.15) is 30.9 Å². The van der Waals surface area contributed by atoms with E-state index in [4.69, 9.17) is 4.74 Å². The van der Waals surface area contributed by atoms with Gasteiger partial charge in [-0.05, 0) is 50.8 Å². The van der Waals surface area contributed by atoms with Gasteiger partial charge in [0.1, 0.15) is 0 Å². The summed E-state index contributed by atoms with van der Waals surface area (Å²) in [5, 5.41) is 0. The highest BCUT2D eigenvalue weighted by Crippen LogP contribution is 2.29. The van der Waals surface area contributed by atoms with Crippen LogP contribution < -0.4 is 0 Å². The van der Waals surface area contributed by atoms with E-state index in [1.165, 1.54) is 4.31 Å². The number of carbonyl (C=O) groups excluding carboxylic acids is 1. The summed E-state index contributed by atoms with van der Waals surface area (Å²) in [4.78, 5) is 12.1. The summed E-state index contributed by atoms with van der Waals surface area (Å²) in [5.41, 5.74) is 1.74. The zero-order valence-electron chi connectivity index (χ0n) is 13.6. The summed E-state index contributed by atoms with van der Waals surface area (Å²) in [5.74, 6) is -0.425. The van der Waals surface area contributed by atoms with E-state index < -0.39 is 10.0 Å². The molecule has 0 spiro atoms. The number of hydrogen-bond acceptors (Lipinski definition) is 4. The zero-order chi connectivity index (χ0) is 17.2. The van der Waals surface area contributed by atoms with Gasteiger partial charge in [0.25, 0.3) is 0 Å². The fourth-order valence-electron chi connectivity index (χ4n) is 2.82. The fourth-order valence-corrected chi connectivity index (χ4v) is 5.01. The van der Waals surface area contributed by atoms with E-state index in [-0.39, 0.29) is 11.9 Å². The Morgan fingerprint density at radius 2 is 1.87 bits per heavy atom. The van der Waals surface area contributed by atoms with Gasteiger partial charge in [-0.25, -0.2) is 8.42 Å². The number of ether oxygens (including phenoxy) is 1. The van der Waals surface area contributed by atoms with Gasteiger partial charge in [-0.15, -0.1) is 0 Å². The van der Waals surface area contributed by atoms with Crippen LogP contribution in [0.5, 0.6) is 0 Å². The molecule has 1 heterocycles. The van der Waals surface area contributed by atoms with E-state index in [0.29, 0.717) is 37.4 Å². The molecule has 1 fully saturated rings. The van der Waals surface area contributed by atoms with Crippen molar-refractivity contribution in [3.05, 3.63) is 27.7 Å². The van der Waals surface area contributed by atoms with E-state index in [0.717, 1.165) is 15.6 Å². The lowest BCUT2D eigenvalue weighted by atomic mass is 9.98. The average Bonchev–Trinajstić information content (AvgIpc) is 2.51. The number of nitrogens with zero attached hydrogens (tertiary/aromatic N) is 1. The van der Waals surface area contributed by atoms with Gasteiger partial charge in [0, 0.05) is 17.6 Å². The first kappa shape index (κ1) is 18.4. The van der Waals surface area contributed by atoms with E-state index in [2.05, 4.69) is 15.9 Å². The predicted octanol–water partition coefficient (Wildman–Crippen LogP) is 3.03. The number of piperidine rings is 1. The Kier molecular flexibility index (Phi) is 5.86. The SMILES string of the molecule is CCOC(=O)C1CCN(S(=O)(=O)c2cc(Br)c(C)cc2C)CC1. The molecule has 0 bridgehead atoms. The molecule has 1 aliphatic heterocycles. The third-order valence-corrected chi connectivity index (χ3v) is 7.04. The Hall–Kier alpha value is -0.920. The quantitative estimate of drug-likeness (QED) is 0.724. The van der Waals surface area contributed by atoms with Gasteiger partial charge in [-0.2, -0.15) is 4.31 Å². The minimum atomic E-state index is -3.54. The summed E-state index contributed by atoms with van der Waals surface area (Å²) in [6.07, 6.45) is 1.01. The van der Waals surface area contributed by atoms with Crippen molar-refractivity contribution in [2.75, 3.05) is 19.7 Å². The van der Waals surface area contributed by atoms with Crippen molar-refractivity contribution in [3.8, 4) is 0 Å². The van der Waals surface area contributed by atoms with Gasteiger partial charge < -0.3 is 4.74 Å². The Morgan fingerprint density at radius 1 is 1.26 bits per heavy atom. The van der Waals surface area contributed by atoms with Crippen LogP contribution in [0, 0.1) is 19.8 Å². The summed E-state index contributed by atoms with van der Waals surface area (Å²) in [6, 6.07) is 3.53. The van der Waals surface area contributed by atoms with Gasteiger partial charge in [0.05, 0.1) is 17.4 Å². The summed E-state index contributed by atoms with van der Waals surface area (Å²) in [7, 11) is -3.54. The second-order valence-electron chi connectivity index (χ2n) is 5.80. The largest absolute Gasteiger partial charge is 0.466 e. The van der Waals surface area contributed by atoms with Crippen LogP contribution in [-0.4, -0.2) is 38.4 Å². The minimum Gasteiger partial charge on any atom is -0.466 e. The number of halogens is 1. The number of rotatable bonds is 4. The number of benzene rings is 1. The van der Waals surface area contributed by atoms with Gasteiger partial charge in [0.15, 0.2) is 0 Å². The Labute approximate surface area is 146 Å². The van der Waals surface area contributed by atoms with Crippen molar-refractivity contribution >= 4 is 31.9 Å². The number of carbonyl (C=O) groups is 1. The maximum absolute atomic E-state index is 12.9. The molecule has 5 nitrogen and oxygen atoms in total. The lowest BCUT2D eigenvalue weighted by Crippen LogP contribution is -2.40. The van der Waals surface area contributed by atoms with Crippen molar-refractivity contribution in [1.82, 2.24) is 4.31 Å². The monoisotopic (exact) mass is 403 g/mol. The standard InChI is InChI=1S/C16H22BrNO4S/c1-4-22-16(19)13-5-7-18(8-6-13)23(20,21)15-10-14(17)11(2)9-12(15)3/h9-10,13H,4-8H2,1-3H3. The lowest BCUT2D eigenvalue weighted by Gasteiger charge is -2.30. The minimum absolute atomic E-state index is 0.202. The first-order valence-corrected chi connectivity index (χ1v) is 9.94. The van der Waals surface area contributed by atoms with E-state index in [1.54, 1.807) is 19.9 Å². The van der Waals surface area contributed by atoms with Gasteiger partial charge in [0.2, 0.25) is 10.0 Å². The van der Waals surface area contributed by atoms with Crippen LogP contribution in [0.15, 0.2) is 21.5 Å². The molecule has 1 aliphatic rings. The molecule has 0 unspecified atom stereocenters. The van der Waals surface area contributed by atoms with Crippen molar-refractivity contribution < 1.29 is 17.9 Å². The van der Waals surface area contributed by atoms with E-state index >= 15 is 0 Å². The summed E-state index contributed by atoms with van der Waals surface area (Å²) in [6.45, 7) is 6.55. The second kappa shape index (κ2) is 7.32. The molecule has 0 N–H and O–H groups in total. The maximum Gasteiger partial charge on any atom is 0.309 e. The number of sulfonamides is 1. The normalized spacial score (nSPS) is 17.2. The topological polar surface area (TPSA) is 63.7 Å². The average molecular weight is 404 g/mol. The first-order chi connectivity index (χ1) is 10.8. The van der Waals surface area contributed by atoms with Crippen LogP contribution in [0.3, 0.4) is 0 Å². The van der Waals surface area contributed by atoms with E-state index in [1.807, 2.05) is 13.0 Å². The maximum atomic E-state index is 12.9. The van der Waals surface area contributed by atoms with Crippen molar-refractivity contribution in [2.45, 2.75) is 38.5 Å². The van der Waals surface area contributed by atoms with Crippen LogP contribution in [-0.2, 0) is 19.6 Å². The highest BCUT2D eigenvalue weighted by Gasteiger charge is 2.33. The Morgan fingerprint density at radius 3 is 2.43 bits per heavy atom. The smallest absolute Gasteiger partial charge is 0.309 e. The summed E-state index contributed by atoms with van der Waals surface area (Å²) >= 11 is 3.40. The number of esters is 1. The molecule has 0 atom stereocenters. The molecule has 0 amide bonds. The predicted molar refractivity (Wildman–Crippen MR) is 91.7 cm³/mol. The molecule has 1 aromatic rings. The van der Waals surface area contributed by atoms with Crippen molar-refractivity contribution in [3.63, 3.8) is 0 Å². The lowest BCUT2D eigenvalue weighted by molar-refractivity contribution is -0.149. The molecule has 128 valence electrons. The third-order valence-electron chi connectivity index (χ3n) is 4.15. The molecule has 0 radical (unpaired) electrons. The van der Waals surface area contributed by atoms with Gasteiger partial charge in [-0.1, -0.05) is 22.0 Å². The molecular weight excluding hydrogens is 382 g/mol.